The van der Waals surface area contributed by atoms with Crippen LogP contribution in [0, 0.1) is 10.7 Å². The van der Waals surface area contributed by atoms with E-state index >= 15 is 0 Å². The molecule has 0 radical (unpaired) electrons. The summed E-state index contributed by atoms with van der Waals surface area (Å²) in [6.45, 7) is 1.57. The summed E-state index contributed by atoms with van der Waals surface area (Å²) in [5.74, 6) is -1.29. The van der Waals surface area contributed by atoms with Crippen LogP contribution < -0.4 is 0 Å². The van der Waals surface area contributed by atoms with Gasteiger partial charge in [-0.05, 0) is 18.7 Å². The Bertz CT molecular complexity index is 460. The minimum atomic E-state index is -1.43. The zero-order valence-corrected chi connectivity index (χ0v) is 10.6. The molecule has 17 heavy (non-hydrogen) atoms. The van der Waals surface area contributed by atoms with Gasteiger partial charge >= 0.3 is 5.97 Å². The third kappa shape index (κ3) is 1.57. The number of nitriles is 1. The van der Waals surface area contributed by atoms with Gasteiger partial charge in [0, 0.05) is 5.75 Å². The molecule has 2 saturated heterocycles. The molecule has 0 aromatic carbocycles. The Hall–Kier alpha value is -1.07. The summed E-state index contributed by atoms with van der Waals surface area (Å²) in [6.07, 6.45) is 0.142. The van der Waals surface area contributed by atoms with Crippen LogP contribution in [-0.4, -0.2) is 48.0 Å². The maximum absolute atomic E-state index is 12.2. The van der Waals surface area contributed by atoms with Crippen LogP contribution >= 0.6 is 11.8 Å². The third-order valence-corrected chi connectivity index (χ3v) is 6.40. The average molecular weight is 274 g/mol. The lowest BCUT2D eigenvalue weighted by Crippen LogP contribution is -2.57. The van der Waals surface area contributed by atoms with E-state index in [1.807, 2.05) is 5.40 Å². The first-order valence-corrected chi connectivity index (χ1v) is 7.09. The van der Waals surface area contributed by atoms with Crippen LogP contribution in [0.5, 0.6) is 0 Å². The Morgan fingerprint density at radius 2 is 2.47 bits per heavy atom. The van der Waals surface area contributed by atoms with Gasteiger partial charge in [-0.3, -0.25) is 9.00 Å². The highest BCUT2D eigenvalue weighted by molar-refractivity contribution is 8.04. The van der Waals surface area contributed by atoms with Gasteiger partial charge in [0.15, 0.2) is 0 Å². The van der Waals surface area contributed by atoms with Crippen LogP contribution in [0.2, 0.25) is 0 Å². The van der Waals surface area contributed by atoms with E-state index in [2.05, 4.69) is 0 Å². The molecule has 6 nitrogen and oxygen atoms in total. The summed E-state index contributed by atoms with van der Waals surface area (Å²) in [5.41, 5.74) is 0. The highest BCUT2D eigenvalue weighted by Crippen LogP contribution is 2.44. The summed E-state index contributed by atoms with van der Waals surface area (Å²) < 4.78 is 11.1. The zero-order valence-electron chi connectivity index (χ0n) is 8.95. The van der Waals surface area contributed by atoms with Gasteiger partial charge in [0.1, 0.15) is 16.8 Å². The Labute approximate surface area is 104 Å². The molecule has 0 aromatic rings. The first-order valence-electron chi connectivity index (χ1n) is 4.89. The molecule has 2 rings (SSSR count). The minimum Gasteiger partial charge on any atom is -0.480 e. The summed E-state index contributed by atoms with van der Waals surface area (Å²) >= 11 is 0.873. The molecule has 1 amide bonds. The number of carboxylic acids is 1. The molecule has 0 aromatic heterocycles. The first kappa shape index (κ1) is 12.4. The van der Waals surface area contributed by atoms with Gasteiger partial charge in [-0.2, -0.15) is 5.26 Å². The van der Waals surface area contributed by atoms with Gasteiger partial charge in [-0.25, -0.2) is 4.79 Å². The molecule has 2 fully saturated rings. The van der Waals surface area contributed by atoms with Crippen LogP contribution in [0.25, 0.3) is 0 Å². The smallest absolute Gasteiger partial charge is 0.328 e. The molecule has 8 heteroatoms. The molecule has 2 aliphatic heterocycles. The van der Waals surface area contributed by atoms with Crippen LogP contribution in [0.1, 0.15) is 13.3 Å². The second-order valence-electron chi connectivity index (χ2n) is 4.19. The molecular formula is C9H10N2O4S2. The van der Waals surface area contributed by atoms with Crippen molar-refractivity contribution in [3.8, 4) is 5.40 Å². The molecule has 4 atom stereocenters. The Kier molecular flexibility index (Phi) is 2.91. The average Bonchev–Trinajstić information content (AvgIpc) is 2.44. The summed E-state index contributed by atoms with van der Waals surface area (Å²) in [5, 5.41) is 19.1. The fourth-order valence-electron chi connectivity index (χ4n) is 2.30. The minimum absolute atomic E-state index is 0.142. The van der Waals surface area contributed by atoms with Gasteiger partial charge in [0.2, 0.25) is 5.91 Å². The number of hydrogen-bond acceptors (Lipinski definition) is 5. The number of hydrogen-bond donors (Lipinski definition) is 1. The van der Waals surface area contributed by atoms with E-state index in [9.17, 15) is 18.9 Å². The number of thioether (sulfide) groups is 1. The van der Waals surface area contributed by atoms with Crippen molar-refractivity contribution in [2.45, 2.75) is 29.5 Å². The SMILES string of the molecule is C[C@]1(CSC#N)[C@H](C(=O)O)N2C(=O)C[C@@H]2S1=O. The number of fused-ring (bicyclic) bond motifs is 1. The summed E-state index contributed by atoms with van der Waals surface area (Å²) in [6, 6.07) is -1.09. The van der Waals surface area contributed by atoms with Gasteiger partial charge in [-0.15, -0.1) is 0 Å². The Morgan fingerprint density at radius 1 is 1.82 bits per heavy atom. The van der Waals surface area contributed by atoms with E-state index in [1.54, 1.807) is 6.92 Å². The molecule has 1 N–H and O–H groups in total. The van der Waals surface area contributed by atoms with Crippen LogP contribution in [0.4, 0.5) is 0 Å². The molecule has 2 aliphatic rings. The van der Waals surface area contributed by atoms with Gasteiger partial charge < -0.3 is 10.0 Å². The second kappa shape index (κ2) is 3.99. The monoisotopic (exact) mass is 274 g/mol. The van der Waals surface area contributed by atoms with Crippen molar-refractivity contribution in [3.63, 3.8) is 0 Å². The number of carboxylic acid groups (broad SMARTS) is 1. The fourth-order valence-corrected chi connectivity index (χ4v) is 5.24. The number of amides is 1. The maximum Gasteiger partial charge on any atom is 0.328 e. The topological polar surface area (TPSA) is 98.5 Å². The standard InChI is InChI=1S/C9H10N2O4S2/c1-9(3-16-4-10)7(8(13)14)11-5(12)2-6(11)17(9)15/h6-7H,2-3H2,1H3,(H,13,14)/t6-,7-,9-,17?/m0/s1. The van der Waals surface area contributed by atoms with Crippen molar-refractivity contribution in [2.75, 3.05) is 5.75 Å². The zero-order chi connectivity index (χ0) is 12.8. The third-order valence-electron chi connectivity index (χ3n) is 3.17. The molecule has 2 heterocycles. The molecule has 0 aliphatic carbocycles. The number of carbonyl (C=O) groups excluding carboxylic acids is 1. The van der Waals surface area contributed by atoms with Crippen molar-refractivity contribution < 1.29 is 18.9 Å². The van der Waals surface area contributed by atoms with E-state index in [4.69, 9.17) is 5.26 Å². The van der Waals surface area contributed by atoms with Crippen LogP contribution in [0.3, 0.4) is 0 Å². The normalized spacial score (nSPS) is 39.4. The second-order valence-corrected chi connectivity index (χ2v) is 7.02. The lowest BCUT2D eigenvalue weighted by Gasteiger charge is -2.36. The fraction of sp³-hybridized carbons (Fsp3) is 0.667. The number of thiocyanates is 1. The highest BCUT2D eigenvalue weighted by Gasteiger charge is 2.64. The van der Waals surface area contributed by atoms with E-state index < -0.39 is 32.9 Å². The van der Waals surface area contributed by atoms with E-state index in [0.717, 1.165) is 11.8 Å². The van der Waals surface area contributed by atoms with Gasteiger partial charge in [-0.1, -0.05) is 0 Å². The van der Waals surface area contributed by atoms with Gasteiger partial charge in [0.05, 0.1) is 22.0 Å². The predicted octanol–water partition coefficient (Wildman–Crippen LogP) is -0.267. The Morgan fingerprint density at radius 3 is 2.94 bits per heavy atom. The number of aliphatic carboxylic acids is 1. The van der Waals surface area contributed by atoms with E-state index in [0.29, 0.717) is 0 Å². The number of β-lactam (4-membered cyclic amide) rings is 1. The van der Waals surface area contributed by atoms with Crippen LogP contribution in [-0.2, 0) is 20.4 Å². The molecule has 92 valence electrons. The van der Waals surface area contributed by atoms with Crippen molar-refractivity contribution in [2.24, 2.45) is 0 Å². The number of rotatable bonds is 3. The van der Waals surface area contributed by atoms with Crippen LogP contribution in [0.15, 0.2) is 0 Å². The predicted molar refractivity (Wildman–Crippen MR) is 61.3 cm³/mol. The van der Waals surface area contributed by atoms with Crippen molar-refractivity contribution >= 4 is 34.4 Å². The Balaban J connectivity index is 2.36. The molecule has 0 saturated carbocycles. The van der Waals surface area contributed by atoms with Gasteiger partial charge in [0.25, 0.3) is 0 Å². The summed E-state index contributed by atoms with van der Waals surface area (Å²) in [4.78, 5) is 23.8. The molecule has 0 bridgehead atoms. The largest absolute Gasteiger partial charge is 0.480 e. The lowest BCUT2D eigenvalue weighted by atomic mass is 9.98. The molecule has 1 unspecified atom stereocenters. The summed E-state index contributed by atoms with van der Waals surface area (Å²) in [7, 11) is -1.43. The van der Waals surface area contributed by atoms with Crippen molar-refractivity contribution in [1.29, 1.82) is 5.26 Å². The lowest BCUT2D eigenvalue weighted by molar-refractivity contribution is -0.157. The molecular weight excluding hydrogens is 264 g/mol. The molecule has 0 spiro atoms. The van der Waals surface area contributed by atoms with E-state index in [-0.39, 0.29) is 18.1 Å². The first-order chi connectivity index (χ1) is 7.93. The van der Waals surface area contributed by atoms with E-state index in [1.165, 1.54) is 4.90 Å². The van der Waals surface area contributed by atoms with Crippen molar-refractivity contribution in [3.05, 3.63) is 0 Å². The number of carbonyl (C=O) groups is 2. The van der Waals surface area contributed by atoms with Crippen molar-refractivity contribution in [1.82, 2.24) is 4.90 Å². The quantitative estimate of drug-likeness (QED) is 0.562. The number of nitrogens with zero attached hydrogens (tertiary/aromatic N) is 2. The highest BCUT2D eigenvalue weighted by atomic mass is 32.2. The maximum atomic E-state index is 12.2.